The molecule has 2 atom stereocenters. The summed E-state index contributed by atoms with van der Waals surface area (Å²) < 4.78 is 59.3. The number of halogens is 4. The molecule has 0 radical (unpaired) electrons. The van der Waals surface area contributed by atoms with Crippen LogP contribution in [0, 0.1) is 24.1 Å². The van der Waals surface area contributed by atoms with Gasteiger partial charge in [-0.2, -0.15) is 18.4 Å². The molecule has 3 rings (SSSR count). The van der Waals surface area contributed by atoms with Gasteiger partial charge in [0, 0.05) is 12.6 Å². The lowest BCUT2D eigenvalue weighted by atomic mass is 9.91. The van der Waals surface area contributed by atoms with Crippen LogP contribution in [0.4, 0.5) is 23.4 Å². The van der Waals surface area contributed by atoms with Gasteiger partial charge in [0.2, 0.25) is 0 Å². The summed E-state index contributed by atoms with van der Waals surface area (Å²) in [4.78, 5) is 23.6. The van der Waals surface area contributed by atoms with E-state index in [4.69, 9.17) is 15.7 Å². The van der Waals surface area contributed by atoms with Crippen LogP contribution in [0.3, 0.4) is 0 Å². The average molecular weight is 436 g/mol. The quantitative estimate of drug-likeness (QED) is 0.713. The van der Waals surface area contributed by atoms with Crippen molar-refractivity contribution >= 4 is 17.7 Å². The van der Waals surface area contributed by atoms with Crippen molar-refractivity contribution in [1.29, 1.82) is 5.26 Å². The molecular weight excluding hydrogens is 420 g/mol. The van der Waals surface area contributed by atoms with Crippen LogP contribution in [0.2, 0.25) is 0 Å². The van der Waals surface area contributed by atoms with E-state index in [9.17, 15) is 22.4 Å². The molecule has 0 saturated heterocycles. The van der Waals surface area contributed by atoms with Crippen LogP contribution in [0.25, 0.3) is 0 Å². The summed E-state index contributed by atoms with van der Waals surface area (Å²) in [6, 6.07) is 2.49. The number of carbonyl (C=O) groups is 1. The molecule has 0 unspecified atom stereocenters. The van der Waals surface area contributed by atoms with Gasteiger partial charge in [-0.1, -0.05) is 0 Å². The Balaban J connectivity index is 1.91. The largest absolute Gasteiger partial charge is 0.452 e. The van der Waals surface area contributed by atoms with Gasteiger partial charge in [0.15, 0.2) is 11.6 Å². The maximum Gasteiger partial charge on any atom is 0.411 e. The number of ether oxygens (including phenoxy) is 1. The van der Waals surface area contributed by atoms with Crippen molar-refractivity contribution in [3.05, 3.63) is 52.7 Å². The van der Waals surface area contributed by atoms with E-state index in [1.54, 1.807) is 6.92 Å². The molecule has 0 fully saturated rings. The zero-order valence-electron chi connectivity index (χ0n) is 16.3. The normalized spacial score (nSPS) is 20.9. The number of carbonyl (C=O) groups excluding carboxylic acids is 1. The maximum absolute atomic E-state index is 14.5. The van der Waals surface area contributed by atoms with Crippen molar-refractivity contribution in [3.8, 4) is 6.07 Å². The number of aromatic nitrogens is 2. The lowest BCUT2D eigenvalue weighted by molar-refractivity contribution is -0.164. The van der Waals surface area contributed by atoms with Gasteiger partial charge in [0.05, 0.1) is 5.56 Å². The molecule has 0 saturated carbocycles. The highest BCUT2D eigenvalue weighted by Crippen LogP contribution is 2.40. The summed E-state index contributed by atoms with van der Waals surface area (Å²) in [7, 11) is 0. The molecule has 2 aromatic rings. The molecule has 3 N–H and O–H groups in total. The molecule has 2 aromatic heterocycles. The summed E-state index contributed by atoms with van der Waals surface area (Å²) in [5.74, 6) is -1.78. The second-order valence-corrected chi connectivity index (χ2v) is 7.04. The summed E-state index contributed by atoms with van der Waals surface area (Å²) in [6.45, 7) is 2.78. The van der Waals surface area contributed by atoms with E-state index >= 15 is 0 Å². The number of nitriles is 1. The Labute approximate surface area is 173 Å². The van der Waals surface area contributed by atoms with Crippen molar-refractivity contribution in [2.45, 2.75) is 38.1 Å². The fourth-order valence-corrected chi connectivity index (χ4v) is 3.13. The summed E-state index contributed by atoms with van der Waals surface area (Å²) in [6.07, 6.45) is -4.26. The van der Waals surface area contributed by atoms with E-state index in [0.717, 1.165) is 12.1 Å². The Morgan fingerprint density at radius 2 is 2.13 bits per heavy atom. The van der Waals surface area contributed by atoms with Crippen molar-refractivity contribution in [2.75, 3.05) is 5.32 Å². The topological polar surface area (TPSA) is 126 Å². The molecule has 1 amide bonds. The first-order chi connectivity index (χ1) is 14.4. The average Bonchev–Trinajstić information content (AvgIpc) is 2.67. The minimum absolute atomic E-state index is 0.000293. The Kier molecular flexibility index (Phi) is 5.54. The second-order valence-electron chi connectivity index (χ2n) is 7.04. The molecule has 31 heavy (non-hydrogen) atoms. The molecule has 0 spiro atoms. The first-order valence-electron chi connectivity index (χ1n) is 8.87. The number of anilines is 1. The first-order valence-corrected chi connectivity index (χ1v) is 8.87. The number of nitrogens with one attached hydrogen (secondary N) is 1. The Hall–Kier alpha value is -3.75. The van der Waals surface area contributed by atoms with Crippen molar-refractivity contribution in [1.82, 2.24) is 9.97 Å². The lowest BCUT2D eigenvalue weighted by Crippen LogP contribution is -2.46. The first kappa shape index (κ1) is 21.9. The molecule has 0 aliphatic carbocycles. The van der Waals surface area contributed by atoms with E-state index in [1.807, 2.05) is 6.07 Å². The van der Waals surface area contributed by atoms with Crippen LogP contribution >= 0.6 is 0 Å². The molecule has 8 nitrogen and oxygen atoms in total. The third-order valence-electron chi connectivity index (χ3n) is 4.58. The molecule has 0 bridgehead atoms. The fourth-order valence-electron chi connectivity index (χ4n) is 3.13. The van der Waals surface area contributed by atoms with Crippen molar-refractivity contribution < 1.29 is 27.1 Å². The minimum atomic E-state index is -4.71. The van der Waals surface area contributed by atoms with E-state index in [0.29, 0.717) is 5.56 Å². The molecule has 3 heterocycles. The van der Waals surface area contributed by atoms with Crippen LogP contribution in [-0.2, 0) is 10.3 Å². The second kappa shape index (κ2) is 7.82. The van der Waals surface area contributed by atoms with E-state index in [1.165, 1.54) is 19.2 Å². The predicted molar refractivity (Wildman–Crippen MR) is 100 cm³/mol. The number of nitrogens with two attached hydrogens (primary N) is 1. The van der Waals surface area contributed by atoms with Crippen LogP contribution in [-0.4, -0.2) is 34.1 Å². The summed E-state index contributed by atoms with van der Waals surface area (Å²) in [5, 5.41) is 11.3. The molecule has 162 valence electrons. The minimum Gasteiger partial charge on any atom is -0.452 e. The standard InChI is InChI=1S/C19H16F4N6O2/c1-9-5-10(7-24)8-26-14(9)16(30)29-13-4-3-11(20)15(28-13)18(2)6-12(19(21,22)23)27-17(25)31-18/h3-5,8,12H,6H2,1-2H3,(H2,25,27)(H,28,29,30)/t12-,18-/m0/s1. The van der Waals surface area contributed by atoms with Crippen molar-refractivity contribution in [2.24, 2.45) is 10.7 Å². The monoisotopic (exact) mass is 436 g/mol. The number of hydrogen-bond donors (Lipinski definition) is 2. The molecule has 0 aromatic carbocycles. The highest BCUT2D eigenvalue weighted by Gasteiger charge is 2.50. The summed E-state index contributed by atoms with van der Waals surface area (Å²) >= 11 is 0. The van der Waals surface area contributed by atoms with Gasteiger partial charge in [-0.25, -0.2) is 19.4 Å². The van der Waals surface area contributed by atoms with Crippen LogP contribution in [0.1, 0.15) is 40.7 Å². The van der Waals surface area contributed by atoms with Crippen LogP contribution in [0.5, 0.6) is 0 Å². The summed E-state index contributed by atoms with van der Waals surface area (Å²) in [5.41, 5.74) is 3.73. The van der Waals surface area contributed by atoms with Gasteiger partial charge >= 0.3 is 6.18 Å². The lowest BCUT2D eigenvalue weighted by Gasteiger charge is -2.36. The number of amides is 1. The SMILES string of the molecule is Cc1cc(C#N)cnc1C(=O)Nc1ccc(F)c([C@]2(C)C[C@@H](C(F)(F)F)N=C(N)O2)n1. The number of rotatable bonds is 3. The third kappa shape index (κ3) is 4.55. The highest BCUT2D eigenvalue weighted by atomic mass is 19.4. The molecular formula is C19H16F4N6O2. The van der Waals surface area contributed by atoms with E-state index in [-0.39, 0.29) is 17.1 Å². The zero-order valence-corrected chi connectivity index (χ0v) is 16.3. The molecule has 1 aliphatic rings. The smallest absolute Gasteiger partial charge is 0.411 e. The third-order valence-corrected chi connectivity index (χ3v) is 4.58. The number of aryl methyl sites for hydroxylation is 1. The molecule has 12 heteroatoms. The maximum atomic E-state index is 14.5. The van der Waals surface area contributed by atoms with Crippen molar-refractivity contribution in [3.63, 3.8) is 0 Å². The predicted octanol–water partition coefficient (Wildman–Crippen LogP) is 2.93. The van der Waals surface area contributed by atoms with Gasteiger partial charge in [-0.05, 0) is 37.6 Å². The van der Waals surface area contributed by atoms with Gasteiger partial charge in [-0.3, -0.25) is 4.79 Å². The highest BCUT2D eigenvalue weighted by molar-refractivity contribution is 6.03. The Morgan fingerprint density at radius 1 is 1.42 bits per heavy atom. The van der Waals surface area contributed by atoms with Gasteiger partial charge < -0.3 is 15.8 Å². The van der Waals surface area contributed by atoms with E-state index < -0.39 is 47.7 Å². The molecule has 1 aliphatic heterocycles. The number of pyridine rings is 2. The van der Waals surface area contributed by atoms with Gasteiger partial charge in [-0.15, -0.1) is 0 Å². The Morgan fingerprint density at radius 3 is 2.74 bits per heavy atom. The number of aliphatic imine (C=N–C) groups is 1. The van der Waals surface area contributed by atoms with Gasteiger partial charge in [0.25, 0.3) is 11.9 Å². The van der Waals surface area contributed by atoms with E-state index in [2.05, 4.69) is 20.3 Å². The zero-order chi connectivity index (χ0) is 23.0. The van der Waals surface area contributed by atoms with Crippen LogP contribution < -0.4 is 11.1 Å². The number of nitrogens with zero attached hydrogens (tertiary/aromatic N) is 4. The Bertz CT molecular complexity index is 1110. The number of alkyl halides is 3. The fraction of sp³-hybridized carbons (Fsp3) is 0.316. The number of hydrogen-bond acceptors (Lipinski definition) is 7. The van der Waals surface area contributed by atoms with Gasteiger partial charge in [0.1, 0.15) is 29.1 Å². The van der Waals surface area contributed by atoms with Crippen LogP contribution in [0.15, 0.2) is 29.4 Å². The number of amidine groups is 1.